The molecule has 1 heterocycles. The van der Waals surface area contributed by atoms with Crippen molar-refractivity contribution in [2.75, 3.05) is 13.2 Å². The lowest BCUT2D eigenvalue weighted by Gasteiger charge is -2.25. The Morgan fingerprint density at radius 3 is 2.71 bits per heavy atom. The van der Waals surface area contributed by atoms with E-state index in [4.69, 9.17) is 15.2 Å². The van der Waals surface area contributed by atoms with Crippen molar-refractivity contribution in [1.29, 1.82) is 0 Å². The van der Waals surface area contributed by atoms with Crippen LogP contribution in [0.3, 0.4) is 0 Å². The van der Waals surface area contributed by atoms with E-state index in [2.05, 4.69) is 36.4 Å². The van der Waals surface area contributed by atoms with Gasteiger partial charge in [-0.3, -0.25) is 0 Å². The predicted molar refractivity (Wildman–Crippen MR) is 85.8 cm³/mol. The molecule has 0 spiro atoms. The van der Waals surface area contributed by atoms with Crippen molar-refractivity contribution in [2.45, 2.75) is 38.3 Å². The summed E-state index contributed by atoms with van der Waals surface area (Å²) in [5, 5.41) is 2.49. The minimum absolute atomic E-state index is 0.118. The number of ether oxygens (including phenoxy) is 2. The fraction of sp³-hybridized carbons (Fsp3) is 0.444. The Labute approximate surface area is 126 Å². The number of benzene rings is 2. The van der Waals surface area contributed by atoms with E-state index in [1.807, 2.05) is 6.92 Å². The second-order valence-corrected chi connectivity index (χ2v) is 5.87. The zero-order valence-electron chi connectivity index (χ0n) is 12.5. The molecule has 1 aliphatic heterocycles. The van der Waals surface area contributed by atoms with E-state index in [-0.39, 0.29) is 12.1 Å². The normalized spacial score (nSPS) is 17.8. The highest BCUT2D eigenvalue weighted by Gasteiger charge is 2.18. The molecule has 3 heteroatoms. The Morgan fingerprint density at radius 1 is 1.19 bits per heavy atom. The van der Waals surface area contributed by atoms with Gasteiger partial charge in [-0.15, -0.1) is 0 Å². The molecule has 1 atom stereocenters. The number of hydrogen-bond donors (Lipinski definition) is 1. The molecule has 1 fully saturated rings. The van der Waals surface area contributed by atoms with E-state index in [1.54, 1.807) is 0 Å². The molecule has 2 N–H and O–H groups in total. The average Bonchev–Trinajstić information content (AvgIpc) is 2.50. The monoisotopic (exact) mass is 285 g/mol. The first-order valence-electron chi connectivity index (χ1n) is 7.74. The third-order valence-corrected chi connectivity index (χ3v) is 3.99. The summed E-state index contributed by atoms with van der Waals surface area (Å²) in [6, 6.07) is 12.8. The first-order chi connectivity index (χ1) is 10.2. The molecule has 0 amide bonds. The van der Waals surface area contributed by atoms with E-state index in [1.165, 1.54) is 16.3 Å². The zero-order valence-corrected chi connectivity index (χ0v) is 12.5. The van der Waals surface area contributed by atoms with Crippen molar-refractivity contribution in [3.05, 3.63) is 42.0 Å². The molecule has 1 unspecified atom stereocenters. The van der Waals surface area contributed by atoms with Crippen LogP contribution in [0.5, 0.6) is 5.75 Å². The summed E-state index contributed by atoms with van der Waals surface area (Å²) in [4.78, 5) is 0. The van der Waals surface area contributed by atoms with Gasteiger partial charge >= 0.3 is 0 Å². The van der Waals surface area contributed by atoms with Crippen LogP contribution in [0.4, 0.5) is 0 Å². The van der Waals surface area contributed by atoms with Crippen LogP contribution in [0.2, 0.25) is 0 Å². The molecule has 2 aromatic carbocycles. The summed E-state index contributed by atoms with van der Waals surface area (Å²) in [7, 11) is 0. The van der Waals surface area contributed by atoms with Gasteiger partial charge in [-0.05, 0) is 30.2 Å². The van der Waals surface area contributed by atoms with Crippen LogP contribution >= 0.6 is 0 Å². The van der Waals surface area contributed by atoms with Gasteiger partial charge in [0.2, 0.25) is 0 Å². The Balaban J connectivity index is 1.95. The van der Waals surface area contributed by atoms with Gasteiger partial charge < -0.3 is 15.2 Å². The second-order valence-electron chi connectivity index (χ2n) is 5.87. The van der Waals surface area contributed by atoms with Crippen molar-refractivity contribution < 1.29 is 9.47 Å². The minimum atomic E-state index is 0.118. The first-order valence-corrected chi connectivity index (χ1v) is 7.74. The van der Waals surface area contributed by atoms with E-state index in [0.29, 0.717) is 0 Å². The fourth-order valence-electron chi connectivity index (χ4n) is 2.93. The summed E-state index contributed by atoms with van der Waals surface area (Å²) in [6.07, 6.45) is 3.01. The van der Waals surface area contributed by atoms with Gasteiger partial charge in [-0.25, -0.2) is 0 Å². The standard InChI is InChI=1S/C18H23NO2/c1-13(19)12-17-16-5-3-2-4-14(16)6-7-18(17)21-15-8-10-20-11-9-15/h2-7,13,15H,8-12,19H2,1H3. The largest absolute Gasteiger partial charge is 0.490 e. The molecule has 2 aromatic rings. The average molecular weight is 285 g/mol. The summed E-state index contributed by atoms with van der Waals surface area (Å²) < 4.78 is 11.7. The number of nitrogens with two attached hydrogens (primary N) is 1. The molecule has 3 rings (SSSR count). The smallest absolute Gasteiger partial charge is 0.123 e. The maximum absolute atomic E-state index is 6.26. The van der Waals surface area contributed by atoms with E-state index >= 15 is 0 Å². The van der Waals surface area contributed by atoms with Crippen molar-refractivity contribution in [2.24, 2.45) is 5.73 Å². The van der Waals surface area contributed by atoms with Gasteiger partial charge in [0, 0.05) is 24.4 Å². The van der Waals surface area contributed by atoms with Crippen molar-refractivity contribution in [3.8, 4) is 5.75 Å². The van der Waals surface area contributed by atoms with Crippen LogP contribution in [0.1, 0.15) is 25.3 Å². The molecule has 0 aliphatic carbocycles. The fourth-order valence-corrected chi connectivity index (χ4v) is 2.93. The van der Waals surface area contributed by atoms with Gasteiger partial charge in [0.25, 0.3) is 0 Å². The number of rotatable bonds is 4. The van der Waals surface area contributed by atoms with Crippen LogP contribution in [-0.4, -0.2) is 25.4 Å². The molecule has 21 heavy (non-hydrogen) atoms. The van der Waals surface area contributed by atoms with Gasteiger partial charge in [0.05, 0.1) is 13.2 Å². The van der Waals surface area contributed by atoms with E-state index in [9.17, 15) is 0 Å². The van der Waals surface area contributed by atoms with Crippen molar-refractivity contribution in [3.63, 3.8) is 0 Å². The Morgan fingerprint density at radius 2 is 1.95 bits per heavy atom. The number of fused-ring (bicyclic) bond motifs is 1. The maximum Gasteiger partial charge on any atom is 0.123 e. The Kier molecular flexibility index (Phi) is 4.42. The Bertz CT molecular complexity index is 603. The molecule has 0 bridgehead atoms. The summed E-state index contributed by atoms with van der Waals surface area (Å²) in [5.74, 6) is 0.984. The lowest BCUT2D eigenvalue weighted by molar-refractivity contribution is 0.0252. The van der Waals surface area contributed by atoms with Crippen molar-refractivity contribution >= 4 is 10.8 Å². The van der Waals surface area contributed by atoms with Gasteiger partial charge in [0.1, 0.15) is 11.9 Å². The van der Waals surface area contributed by atoms with Crippen molar-refractivity contribution in [1.82, 2.24) is 0 Å². The lowest BCUT2D eigenvalue weighted by atomic mass is 9.98. The zero-order chi connectivity index (χ0) is 14.7. The molecule has 0 saturated carbocycles. The van der Waals surface area contributed by atoms with Crippen LogP contribution < -0.4 is 10.5 Å². The van der Waals surface area contributed by atoms with Crippen LogP contribution in [-0.2, 0) is 11.2 Å². The van der Waals surface area contributed by atoms with Crippen LogP contribution in [0, 0.1) is 0 Å². The summed E-state index contributed by atoms with van der Waals surface area (Å²) >= 11 is 0. The molecule has 3 nitrogen and oxygen atoms in total. The van der Waals surface area contributed by atoms with Gasteiger partial charge in [-0.1, -0.05) is 30.3 Å². The van der Waals surface area contributed by atoms with Gasteiger partial charge in [0.15, 0.2) is 0 Å². The number of hydrogen-bond acceptors (Lipinski definition) is 3. The highest BCUT2D eigenvalue weighted by atomic mass is 16.5. The lowest BCUT2D eigenvalue weighted by Crippen LogP contribution is -2.27. The molecule has 1 saturated heterocycles. The quantitative estimate of drug-likeness (QED) is 0.937. The first kappa shape index (κ1) is 14.4. The second kappa shape index (κ2) is 6.46. The molecule has 1 aliphatic rings. The SMILES string of the molecule is CC(N)Cc1c(OC2CCOCC2)ccc2ccccc12. The summed E-state index contributed by atoms with van der Waals surface area (Å²) in [6.45, 7) is 3.63. The molecule has 0 radical (unpaired) electrons. The highest BCUT2D eigenvalue weighted by Crippen LogP contribution is 2.31. The third-order valence-electron chi connectivity index (χ3n) is 3.99. The van der Waals surface area contributed by atoms with E-state index in [0.717, 1.165) is 38.2 Å². The molecule has 112 valence electrons. The molecular weight excluding hydrogens is 262 g/mol. The Hall–Kier alpha value is -1.58. The van der Waals surface area contributed by atoms with Gasteiger partial charge in [-0.2, -0.15) is 0 Å². The predicted octanol–water partition coefficient (Wildman–Crippen LogP) is 3.29. The topological polar surface area (TPSA) is 44.5 Å². The molecule has 0 aromatic heterocycles. The summed E-state index contributed by atoms with van der Waals surface area (Å²) in [5.41, 5.74) is 7.27. The van der Waals surface area contributed by atoms with Crippen LogP contribution in [0.15, 0.2) is 36.4 Å². The molecular formula is C18H23NO2. The minimum Gasteiger partial charge on any atom is -0.490 e. The third kappa shape index (κ3) is 3.36. The van der Waals surface area contributed by atoms with E-state index < -0.39 is 0 Å². The van der Waals surface area contributed by atoms with Crippen LogP contribution in [0.25, 0.3) is 10.8 Å². The highest BCUT2D eigenvalue weighted by molar-refractivity contribution is 5.87. The maximum atomic E-state index is 6.26.